The largest absolute Gasteiger partial charge is 0.355 e. The van der Waals surface area contributed by atoms with Crippen LogP contribution in [0.4, 0.5) is 34.1 Å². The third-order valence-electron chi connectivity index (χ3n) is 15.0. The summed E-state index contributed by atoms with van der Waals surface area (Å²) in [6, 6.07) is 66.4. The summed E-state index contributed by atoms with van der Waals surface area (Å²) in [5.41, 5.74) is 12.8. The van der Waals surface area contributed by atoms with Crippen LogP contribution in [0.25, 0.3) is 21.9 Å². The summed E-state index contributed by atoms with van der Waals surface area (Å²) in [6.07, 6.45) is 30.7. The van der Waals surface area contributed by atoms with Crippen molar-refractivity contribution in [2.45, 2.75) is 25.4 Å². The predicted octanol–water partition coefficient (Wildman–Crippen LogP) is 16.1. The Morgan fingerprint density at radius 2 is 1.07 bits per heavy atom. The molecule has 0 aromatic heterocycles. The van der Waals surface area contributed by atoms with Gasteiger partial charge in [0.05, 0.1) is 17.3 Å². The molecule has 1 saturated heterocycles. The highest BCUT2D eigenvalue weighted by molar-refractivity contribution is 5.99. The van der Waals surface area contributed by atoms with Gasteiger partial charge in [0, 0.05) is 62.7 Å². The molecule has 0 amide bonds. The van der Waals surface area contributed by atoms with Crippen molar-refractivity contribution in [3.8, 4) is 0 Å². The minimum atomic E-state index is -0.261. The molecule has 7 aromatic rings. The maximum Gasteiger partial charge on any atom is 0.0638 e. The van der Waals surface area contributed by atoms with Gasteiger partial charge in [0.25, 0.3) is 0 Å². The molecule has 67 heavy (non-hydrogen) atoms. The molecule has 3 nitrogen and oxygen atoms in total. The van der Waals surface area contributed by atoms with Gasteiger partial charge in [-0.2, -0.15) is 0 Å². The van der Waals surface area contributed by atoms with Gasteiger partial charge in [0.2, 0.25) is 0 Å². The lowest BCUT2D eigenvalue weighted by molar-refractivity contribution is 0.313. The Kier molecular flexibility index (Phi) is 10.0. The lowest BCUT2D eigenvalue weighted by atomic mass is 9.64. The van der Waals surface area contributed by atoms with Crippen LogP contribution in [-0.2, 0) is 0 Å². The molecule has 4 aliphatic carbocycles. The number of hydrogen-bond acceptors (Lipinski definition) is 3. The molecule has 7 aromatic carbocycles. The summed E-state index contributed by atoms with van der Waals surface area (Å²) in [4.78, 5) is 7.49. The molecule has 3 heteroatoms. The number of nitrogens with zero attached hydrogens (tertiary/aromatic N) is 3. The van der Waals surface area contributed by atoms with Crippen LogP contribution in [-0.4, -0.2) is 11.6 Å². The fourth-order valence-electron chi connectivity index (χ4n) is 11.8. The van der Waals surface area contributed by atoms with E-state index in [1.807, 2.05) is 0 Å². The fourth-order valence-corrected chi connectivity index (χ4v) is 11.8. The Balaban J connectivity index is 0.904. The van der Waals surface area contributed by atoms with Crippen LogP contribution in [0.2, 0.25) is 0 Å². The first-order valence-corrected chi connectivity index (χ1v) is 23.8. The predicted molar refractivity (Wildman–Crippen MR) is 283 cm³/mol. The maximum atomic E-state index is 2.67. The number of allylic oxidation sites excluding steroid dienone is 11. The number of anilines is 6. The van der Waals surface area contributed by atoms with Gasteiger partial charge < -0.3 is 14.7 Å². The normalized spacial score (nSPS) is 24.3. The third kappa shape index (κ3) is 6.96. The molecule has 1 heterocycles. The number of hydrogen-bond donors (Lipinski definition) is 0. The zero-order valence-electron chi connectivity index (χ0n) is 38.0. The molecule has 0 bridgehead atoms. The summed E-state index contributed by atoms with van der Waals surface area (Å²) in [5.74, 6) is 0.815. The number of fused-ring (bicyclic) bond motifs is 5. The van der Waals surface area contributed by atoms with Gasteiger partial charge in [-0.15, -0.1) is 0 Å². The van der Waals surface area contributed by atoms with E-state index >= 15 is 0 Å². The smallest absolute Gasteiger partial charge is 0.0638 e. The molecule has 0 N–H and O–H groups in total. The van der Waals surface area contributed by atoms with Gasteiger partial charge in [-0.25, -0.2) is 0 Å². The van der Waals surface area contributed by atoms with Crippen molar-refractivity contribution in [3.05, 3.63) is 278 Å². The molecule has 324 valence electrons. The van der Waals surface area contributed by atoms with Crippen molar-refractivity contribution in [2.24, 2.45) is 23.2 Å². The molecule has 5 aliphatic rings. The lowest BCUT2D eigenvalue weighted by Gasteiger charge is -2.41. The average Bonchev–Trinajstić information content (AvgIpc) is 3.60. The average molecular weight is 864 g/mol. The third-order valence-corrected chi connectivity index (χ3v) is 15.0. The molecule has 6 atom stereocenters. The van der Waals surface area contributed by atoms with Crippen LogP contribution in [0.1, 0.15) is 25.0 Å². The van der Waals surface area contributed by atoms with Crippen LogP contribution < -0.4 is 14.7 Å². The number of benzene rings is 7. The number of rotatable bonds is 9. The zero-order chi connectivity index (χ0) is 45.0. The Bertz CT molecular complexity index is 3220. The van der Waals surface area contributed by atoms with Crippen molar-refractivity contribution in [3.63, 3.8) is 0 Å². The maximum absolute atomic E-state index is 2.67. The standard InChI is InChI=1S/C64H53N3/c1-63-45-51(47-34-39-55(40-35-47)66(53-24-8-4-9-25-53)60-31-17-21-49-19-13-15-29-58(49)60)36-41-62(63)67(56-26-10-5-11-27-56)64(2)43-42-50(44-61(63)64)46-32-37-54(38-33-46)65(52-22-6-3-7-23-52)59-30-16-20-48-18-12-14-28-57(48)59/h3-45,48,57,61-62H,1-2H3. The number of para-hydroxylation sites is 3. The van der Waals surface area contributed by atoms with Crippen molar-refractivity contribution in [2.75, 3.05) is 14.7 Å². The van der Waals surface area contributed by atoms with Gasteiger partial charge in [-0.3, -0.25) is 0 Å². The van der Waals surface area contributed by atoms with Crippen LogP contribution in [0.15, 0.2) is 267 Å². The van der Waals surface area contributed by atoms with Crippen LogP contribution in [0, 0.1) is 23.2 Å². The Labute approximate surface area is 395 Å². The van der Waals surface area contributed by atoms with Gasteiger partial charge in [-0.05, 0) is 107 Å². The Morgan fingerprint density at radius 3 is 1.81 bits per heavy atom. The van der Waals surface area contributed by atoms with Gasteiger partial charge >= 0.3 is 0 Å². The first-order valence-electron chi connectivity index (χ1n) is 23.8. The molecule has 0 spiro atoms. The summed E-state index contributed by atoms with van der Waals surface area (Å²) in [7, 11) is 0. The fraction of sp³-hybridized carbons (Fsp3) is 0.125. The summed E-state index contributed by atoms with van der Waals surface area (Å²) >= 11 is 0. The van der Waals surface area contributed by atoms with Crippen LogP contribution in [0.5, 0.6) is 0 Å². The minimum Gasteiger partial charge on any atom is -0.355 e. The second-order valence-electron chi connectivity index (χ2n) is 18.9. The van der Waals surface area contributed by atoms with E-state index in [-0.39, 0.29) is 28.8 Å². The molecule has 0 radical (unpaired) electrons. The van der Waals surface area contributed by atoms with Crippen LogP contribution in [0.3, 0.4) is 0 Å². The van der Waals surface area contributed by atoms with E-state index in [0.29, 0.717) is 5.92 Å². The van der Waals surface area contributed by atoms with Crippen molar-refractivity contribution < 1.29 is 0 Å². The highest BCUT2D eigenvalue weighted by atomic mass is 15.3. The molecule has 0 saturated carbocycles. The SMILES string of the molecule is CC12C=C(c3ccc(N(c4ccccc4)c4cccc5ccccc45)cc3)C=CC1N(c1ccccc1)C1(C)C=CC(c3ccc(N(C4=CC=CC5C=CC=CC45)c4ccccc4)cc3)=CC21. The Morgan fingerprint density at radius 1 is 0.493 bits per heavy atom. The van der Waals surface area contributed by atoms with E-state index in [1.165, 1.54) is 50.1 Å². The summed E-state index contributed by atoms with van der Waals surface area (Å²) < 4.78 is 0. The molecular formula is C64H53N3. The van der Waals surface area contributed by atoms with Crippen molar-refractivity contribution >= 4 is 56.0 Å². The monoisotopic (exact) mass is 863 g/mol. The quantitative estimate of drug-likeness (QED) is 0.143. The minimum absolute atomic E-state index is 0.153. The topological polar surface area (TPSA) is 9.72 Å². The molecule has 1 aliphatic heterocycles. The molecule has 12 rings (SSSR count). The van der Waals surface area contributed by atoms with Gasteiger partial charge in [-0.1, -0.05) is 195 Å². The highest BCUT2D eigenvalue weighted by Crippen LogP contribution is 2.59. The molecule has 6 unspecified atom stereocenters. The molecule has 1 fully saturated rings. The second kappa shape index (κ2) is 16.5. The van der Waals surface area contributed by atoms with Crippen LogP contribution >= 0.6 is 0 Å². The zero-order valence-corrected chi connectivity index (χ0v) is 38.0. The van der Waals surface area contributed by atoms with E-state index in [0.717, 1.165) is 22.7 Å². The van der Waals surface area contributed by atoms with E-state index in [2.05, 4.69) is 290 Å². The first kappa shape index (κ1) is 40.6. The van der Waals surface area contributed by atoms with E-state index in [1.54, 1.807) is 0 Å². The summed E-state index contributed by atoms with van der Waals surface area (Å²) in [5, 5.41) is 2.45. The van der Waals surface area contributed by atoms with E-state index in [9.17, 15) is 0 Å². The highest BCUT2D eigenvalue weighted by Gasteiger charge is 2.60. The Hall–Kier alpha value is -7.88. The van der Waals surface area contributed by atoms with Crippen molar-refractivity contribution in [1.29, 1.82) is 0 Å². The lowest BCUT2D eigenvalue weighted by Crippen LogP contribution is -2.47. The van der Waals surface area contributed by atoms with Gasteiger partial charge in [0.15, 0.2) is 0 Å². The molecular weight excluding hydrogens is 811 g/mol. The second-order valence-corrected chi connectivity index (χ2v) is 18.9. The van der Waals surface area contributed by atoms with E-state index in [4.69, 9.17) is 0 Å². The van der Waals surface area contributed by atoms with Crippen molar-refractivity contribution in [1.82, 2.24) is 0 Å². The summed E-state index contributed by atoms with van der Waals surface area (Å²) in [6.45, 7) is 4.93. The van der Waals surface area contributed by atoms with E-state index < -0.39 is 0 Å². The van der Waals surface area contributed by atoms with Gasteiger partial charge in [0.1, 0.15) is 0 Å². The first-order chi connectivity index (χ1) is 33.0.